The first-order valence-corrected chi connectivity index (χ1v) is 10.6. The molecule has 2 aliphatic heterocycles. The molecule has 162 valence electrons. The van der Waals surface area contributed by atoms with Crippen molar-refractivity contribution in [3.05, 3.63) is 66.2 Å². The van der Waals surface area contributed by atoms with Crippen molar-refractivity contribution >= 4 is 23.3 Å². The Hall–Kier alpha value is -3.03. The molecule has 2 heterocycles. The second-order valence-corrected chi connectivity index (χ2v) is 8.33. The third-order valence-electron chi connectivity index (χ3n) is 5.88. The van der Waals surface area contributed by atoms with Crippen LogP contribution < -0.4 is 10.2 Å². The summed E-state index contributed by atoms with van der Waals surface area (Å²) in [5, 5.41) is 23.6. The van der Waals surface area contributed by atoms with E-state index in [1.165, 1.54) is 0 Å². The van der Waals surface area contributed by atoms with Gasteiger partial charge in [0.05, 0.1) is 11.8 Å². The van der Waals surface area contributed by atoms with Crippen LogP contribution in [-0.2, 0) is 0 Å². The highest BCUT2D eigenvalue weighted by molar-refractivity contribution is 6.10. The van der Waals surface area contributed by atoms with Crippen LogP contribution in [0.4, 0.5) is 10.5 Å². The number of fused-ring (bicyclic) bond motifs is 1. The maximum atomic E-state index is 13.2. The SMILES string of the molecule is CC1=NC2C(C(=NC(C)C)NC(=O)N2c2ccccc2)C(c2ccccc2)C1C(O)O. The van der Waals surface area contributed by atoms with E-state index in [-0.39, 0.29) is 23.9 Å². The van der Waals surface area contributed by atoms with Crippen molar-refractivity contribution < 1.29 is 15.0 Å². The zero-order valence-corrected chi connectivity index (χ0v) is 17.9. The van der Waals surface area contributed by atoms with Gasteiger partial charge in [-0.3, -0.25) is 20.2 Å². The molecule has 31 heavy (non-hydrogen) atoms. The van der Waals surface area contributed by atoms with Crippen LogP contribution in [-0.4, -0.2) is 46.3 Å². The van der Waals surface area contributed by atoms with E-state index in [9.17, 15) is 15.0 Å². The van der Waals surface area contributed by atoms with Crippen molar-refractivity contribution in [2.24, 2.45) is 21.8 Å². The van der Waals surface area contributed by atoms with Crippen LogP contribution in [0.25, 0.3) is 0 Å². The fourth-order valence-corrected chi connectivity index (χ4v) is 4.69. The number of urea groups is 1. The fourth-order valence-electron chi connectivity index (χ4n) is 4.69. The lowest BCUT2D eigenvalue weighted by atomic mass is 9.69. The van der Waals surface area contributed by atoms with Crippen molar-refractivity contribution in [3.63, 3.8) is 0 Å². The number of aliphatic imine (C=N–C) groups is 2. The molecule has 2 aromatic carbocycles. The molecule has 0 bridgehead atoms. The Morgan fingerprint density at radius 3 is 2.19 bits per heavy atom. The van der Waals surface area contributed by atoms with Gasteiger partial charge in [0.2, 0.25) is 0 Å². The number of hydrogen-bond donors (Lipinski definition) is 3. The van der Waals surface area contributed by atoms with Crippen LogP contribution in [0.5, 0.6) is 0 Å². The predicted octanol–water partition coefficient (Wildman–Crippen LogP) is 3.15. The minimum absolute atomic E-state index is 0.0415. The van der Waals surface area contributed by atoms with E-state index >= 15 is 0 Å². The summed E-state index contributed by atoms with van der Waals surface area (Å²) in [6, 6.07) is 18.8. The lowest BCUT2D eigenvalue weighted by Crippen LogP contribution is -2.64. The minimum atomic E-state index is -1.59. The number of para-hydroxylation sites is 1. The molecule has 7 heteroatoms. The van der Waals surface area contributed by atoms with E-state index in [1.807, 2.05) is 74.5 Å². The number of aliphatic hydroxyl groups is 2. The van der Waals surface area contributed by atoms with E-state index in [1.54, 1.807) is 11.8 Å². The first-order chi connectivity index (χ1) is 14.9. The number of carbonyl (C=O) groups excluding carboxylic acids is 1. The third kappa shape index (κ3) is 3.98. The van der Waals surface area contributed by atoms with Gasteiger partial charge in [-0.2, -0.15) is 0 Å². The largest absolute Gasteiger partial charge is 0.368 e. The molecular weight excluding hydrogens is 392 g/mol. The molecule has 3 N–H and O–H groups in total. The monoisotopic (exact) mass is 420 g/mol. The van der Waals surface area contributed by atoms with Crippen molar-refractivity contribution in [1.82, 2.24) is 5.32 Å². The van der Waals surface area contributed by atoms with Gasteiger partial charge in [0.15, 0.2) is 6.29 Å². The van der Waals surface area contributed by atoms with Crippen LogP contribution >= 0.6 is 0 Å². The smallest absolute Gasteiger partial charge is 0.329 e. The number of amides is 2. The molecule has 0 spiro atoms. The Morgan fingerprint density at radius 1 is 1.00 bits per heavy atom. The minimum Gasteiger partial charge on any atom is -0.368 e. The topological polar surface area (TPSA) is 97.5 Å². The number of aliphatic hydroxyl groups excluding tert-OH is 1. The molecule has 0 aromatic heterocycles. The molecule has 7 nitrogen and oxygen atoms in total. The lowest BCUT2D eigenvalue weighted by Gasteiger charge is -2.48. The summed E-state index contributed by atoms with van der Waals surface area (Å²) < 4.78 is 0. The maximum Gasteiger partial charge on any atom is 0.329 e. The zero-order valence-electron chi connectivity index (χ0n) is 17.9. The molecule has 0 radical (unpaired) electrons. The van der Waals surface area contributed by atoms with Gasteiger partial charge in [-0.25, -0.2) is 4.79 Å². The molecule has 2 aromatic rings. The van der Waals surface area contributed by atoms with Gasteiger partial charge in [0.1, 0.15) is 12.0 Å². The van der Waals surface area contributed by atoms with Crippen molar-refractivity contribution in [2.75, 3.05) is 4.90 Å². The van der Waals surface area contributed by atoms with Crippen LogP contribution in [0, 0.1) is 11.8 Å². The average Bonchev–Trinajstić information content (AvgIpc) is 2.73. The number of anilines is 1. The van der Waals surface area contributed by atoms with E-state index in [0.29, 0.717) is 11.5 Å². The first kappa shape index (κ1) is 21.2. The zero-order chi connectivity index (χ0) is 22.1. The standard InChI is InChI=1S/C24H28N4O3/c1-14(2)25-21-20-19(16-10-6-4-7-11-16)18(23(29)30)15(3)26-22(20)28(24(31)27-21)17-12-8-5-9-13-17/h4-14,18-20,22-23,29-30H,1-3H3,(H,25,27,31). The molecule has 2 aliphatic rings. The third-order valence-corrected chi connectivity index (χ3v) is 5.88. The summed E-state index contributed by atoms with van der Waals surface area (Å²) in [6.45, 7) is 5.70. The van der Waals surface area contributed by atoms with Crippen molar-refractivity contribution in [3.8, 4) is 0 Å². The predicted molar refractivity (Wildman–Crippen MR) is 121 cm³/mol. The van der Waals surface area contributed by atoms with Gasteiger partial charge in [-0.15, -0.1) is 0 Å². The summed E-state index contributed by atoms with van der Waals surface area (Å²) in [7, 11) is 0. The number of nitrogens with zero attached hydrogens (tertiary/aromatic N) is 3. The maximum absolute atomic E-state index is 13.2. The van der Waals surface area contributed by atoms with Crippen molar-refractivity contribution in [1.29, 1.82) is 0 Å². The number of hydrogen-bond acceptors (Lipinski definition) is 5. The number of nitrogens with one attached hydrogen (secondary N) is 1. The Labute approximate surface area is 182 Å². The van der Waals surface area contributed by atoms with Gasteiger partial charge in [0, 0.05) is 23.4 Å². The molecule has 4 atom stereocenters. The quantitative estimate of drug-likeness (QED) is 0.663. The Kier molecular flexibility index (Phi) is 5.89. The van der Waals surface area contributed by atoms with E-state index in [2.05, 4.69) is 5.32 Å². The second kappa shape index (κ2) is 8.61. The summed E-state index contributed by atoms with van der Waals surface area (Å²) >= 11 is 0. The van der Waals surface area contributed by atoms with Crippen LogP contribution in [0.15, 0.2) is 70.6 Å². The molecule has 0 saturated carbocycles. The van der Waals surface area contributed by atoms with E-state index in [4.69, 9.17) is 9.98 Å². The fraction of sp³-hybridized carbons (Fsp3) is 0.375. The second-order valence-electron chi connectivity index (χ2n) is 8.33. The summed E-state index contributed by atoms with van der Waals surface area (Å²) in [5.41, 5.74) is 2.28. The van der Waals surface area contributed by atoms with Gasteiger partial charge in [-0.1, -0.05) is 48.5 Å². The van der Waals surface area contributed by atoms with Crippen molar-refractivity contribution in [2.45, 2.75) is 45.2 Å². The summed E-state index contributed by atoms with van der Waals surface area (Å²) in [6.07, 6.45) is -2.13. The molecule has 4 rings (SSSR count). The van der Waals surface area contributed by atoms with E-state index < -0.39 is 18.4 Å². The highest BCUT2D eigenvalue weighted by Crippen LogP contribution is 2.44. The average molecular weight is 421 g/mol. The number of amidine groups is 1. The Bertz CT molecular complexity index is 988. The molecule has 4 unspecified atom stereocenters. The number of carbonyl (C=O) groups is 1. The lowest BCUT2D eigenvalue weighted by molar-refractivity contribution is -0.0758. The van der Waals surface area contributed by atoms with E-state index in [0.717, 1.165) is 11.3 Å². The van der Waals surface area contributed by atoms with Gasteiger partial charge >= 0.3 is 6.03 Å². The van der Waals surface area contributed by atoms with Gasteiger partial charge in [0.25, 0.3) is 0 Å². The normalized spacial score (nSPS) is 27.3. The highest BCUT2D eigenvalue weighted by Gasteiger charge is 2.52. The Morgan fingerprint density at radius 2 is 1.61 bits per heavy atom. The molecule has 0 aliphatic carbocycles. The molecule has 1 saturated heterocycles. The van der Waals surface area contributed by atoms with Crippen LogP contribution in [0.1, 0.15) is 32.3 Å². The van der Waals surface area contributed by atoms with Gasteiger partial charge < -0.3 is 10.2 Å². The van der Waals surface area contributed by atoms with Crippen LogP contribution in [0.2, 0.25) is 0 Å². The summed E-state index contributed by atoms with van der Waals surface area (Å²) in [5.74, 6) is -0.771. The van der Waals surface area contributed by atoms with Gasteiger partial charge in [-0.05, 0) is 38.5 Å². The highest BCUT2D eigenvalue weighted by atomic mass is 16.5. The molecular formula is C24H28N4O3. The molecule has 1 fully saturated rings. The first-order valence-electron chi connectivity index (χ1n) is 10.6. The number of benzene rings is 2. The van der Waals surface area contributed by atoms with Crippen LogP contribution in [0.3, 0.4) is 0 Å². The Balaban J connectivity index is 1.93. The summed E-state index contributed by atoms with van der Waals surface area (Å²) in [4.78, 5) is 24.4. The molecule has 2 amide bonds. The number of rotatable bonds is 4.